The van der Waals surface area contributed by atoms with Crippen LogP contribution in [0, 0.1) is 19.3 Å². The van der Waals surface area contributed by atoms with Gasteiger partial charge in [-0.1, -0.05) is 20.8 Å². The van der Waals surface area contributed by atoms with Crippen molar-refractivity contribution < 1.29 is 0 Å². The summed E-state index contributed by atoms with van der Waals surface area (Å²) in [5.41, 5.74) is 1.51. The molecule has 0 aromatic carbocycles. The van der Waals surface area contributed by atoms with Crippen LogP contribution in [-0.4, -0.2) is 11.5 Å². The van der Waals surface area contributed by atoms with Crippen LogP contribution in [0.25, 0.3) is 0 Å². The minimum atomic E-state index is 0.335. The second kappa shape index (κ2) is 4.62. The Morgan fingerprint density at radius 2 is 1.93 bits per heavy atom. The zero-order valence-corrected chi connectivity index (χ0v) is 11.5. The number of nitrogens with one attached hydrogen (secondary N) is 1. The Hall–Kier alpha value is -0.410. The van der Waals surface area contributed by atoms with Gasteiger partial charge >= 0.3 is 0 Å². The number of rotatable bonds is 3. The lowest BCUT2D eigenvalue weighted by Crippen LogP contribution is -2.29. The zero-order valence-electron chi connectivity index (χ0n) is 10.6. The van der Waals surface area contributed by atoms with Gasteiger partial charge in [0.2, 0.25) is 0 Å². The molecule has 1 heterocycles. The average Bonchev–Trinajstić information content (AvgIpc) is 2.40. The zero-order chi connectivity index (χ0) is 11.6. The monoisotopic (exact) mass is 226 g/mol. The maximum absolute atomic E-state index is 4.46. The van der Waals surface area contributed by atoms with Crippen LogP contribution in [0.5, 0.6) is 0 Å². The van der Waals surface area contributed by atoms with E-state index in [0.717, 1.165) is 11.6 Å². The third-order valence-corrected chi connectivity index (χ3v) is 3.53. The maximum atomic E-state index is 4.46. The molecule has 0 aliphatic carbocycles. The summed E-state index contributed by atoms with van der Waals surface area (Å²) in [6.45, 7) is 14.1. The fourth-order valence-electron chi connectivity index (χ4n) is 1.50. The van der Waals surface area contributed by atoms with Gasteiger partial charge < -0.3 is 5.32 Å². The molecule has 15 heavy (non-hydrogen) atoms. The summed E-state index contributed by atoms with van der Waals surface area (Å²) < 4.78 is 0. The van der Waals surface area contributed by atoms with Gasteiger partial charge in [0.25, 0.3) is 0 Å². The number of hydrogen-bond donors (Lipinski definition) is 1. The van der Waals surface area contributed by atoms with Crippen LogP contribution in [0.4, 0.5) is 0 Å². The summed E-state index contributed by atoms with van der Waals surface area (Å²) in [4.78, 5) is 5.83. The number of hydrogen-bond acceptors (Lipinski definition) is 3. The minimum Gasteiger partial charge on any atom is -0.309 e. The van der Waals surface area contributed by atoms with Crippen LogP contribution in [0.15, 0.2) is 0 Å². The van der Waals surface area contributed by atoms with Crippen molar-refractivity contribution in [2.75, 3.05) is 6.54 Å². The molecule has 1 unspecified atom stereocenters. The van der Waals surface area contributed by atoms with E-state index in [4.69, 9.17) is 0 Å². The van der Waals surface area contributed by atoms with Crippen LogP contribution < -0.4 is 5.32 Å². The molecule has 3 heteroatoms. The third-order valence-electron chi connectivity index (χ3n) is 2.27. The van der Waals surface area contributed by atoms with Gasteiger partial charge in [-0.05, 0) is 26.2 Å². The van der Waals surface area contributed by atoms with Crippen LogP contribution in [0.2, 0.25) is 0 Å². The Labute approximate surface area is 97.1 Å². The molecule has 0 aliphatic heterocycles. The lowest BCUT2D eigenvalue weighted by Gasteiger charge is -2.22. The molecule has 2 nitrogen and oxygen atoms in total. The van der Waals surface area contributed by atoms with Gasteiger partial charge in [0.15, 0.2) is 0 Å². The molecule has 0 saturated heterocycles. The second-order valence-corrected chi connectivity index (χ2v) is 6.58. The van der Waals surface area contributed by atoms with Gasteiger partial charge in [-0.3, -0.25) is 0 Å². The van der Waals surface area contributed by atoms with Gasteiger partial charge in [-0.15, -0.1) is 11.3 Å². The van der Waals surface area contributed by atoms with Crippen molar-refractivity contribution >= 4 is 11.3 Å². The predicted octanol–water partition coefficient (Wildman–Crippen LogP) is 3.46. The van der Waals surface area contributed by atoms with Crippen molar-refractivity contribution in [1.82, 2.24) is 10.3 Å². The molecule has 1 N–H and O–H groups in total. The van der Waals surface area contributed by atoms with Crippen LogP contribution in [0.3, 0.4) is 0 Å². The van der Waals surface area contributed by atoms with Crippen LogP contribution in [-0.2, 0) is 0 Å². The normalized spacial score (nSPS) is 14.3. The van der Waals surface area contributed by atoms with Crippen molar-refractivity contribution in [2.24, 2.45) is 5.41 Å². The maximum Gasteiger partial charge on any atom is 0.0900 e. The van der Waals surface area contributed by atoms with E-state index in [1.54, 1.807) is 11.3 Å². The lowest BCUT2D eigenvalue weighted by molar-refractivity contribution is 0.360. The molecule has 0 spiro atoms. The van der Waals surface area contributed by atoms with E-state index in [9.17, 15) is 0 Å². The molecule has 86 valence electrons. The molecule has 0 aliphatic rings. The lowest BCUT2D eigenvalue weighted by atomic mass is 9.96. The minimum absolute atomic E-state index is 0.335. The SMILES string of the molecule is Cc1nc(C)c(C(C)NCC(C)(C)C)s1. The van der Waals surface area contributed by atoms with Crippen molar-refractivity contribution in [3.05, 3.63) is 15.6 Å². The Balaban J connectivity index is 2.61. The van der Waals surface area contributed by atoms with Gasteiger partial charge in [0.05, 0.1) is 10.7 Å². The summed E-state index contributed by atoms with van der Waals surface area (Å²) in [5.74, 6) is 0. The highest BCUT2D eigenvalue weighted by Gasteiger charge is 2.16. The van der Waals surface area contributed by atoms with E-state index in [0.29, 0.717) is 11.5 Å². The first kappa shape index (κ1) is 12.7. The Morgan fingerprint density at radius 1 is 1.33 bits per heavy atom. The topological polar surface area (TPSA) is 24.9 Å². The molecular formula is C12H22N2S. The van der Waals surface area contributed by atoms with E-state index < -0.39 is 0 Å². The van der Waals surface area contributed by atoms with E-state index in [1.807, 2.05) is 0 Å². The molecule has 0 radical (unpaired) electrons. The quantitative estimate of drug-likeness (QED) is 0.854. The van der Waals surface area contributed by atoms with E-state index in [-0.39, 0.29) is 0 Å². The highest BCUT2D eigenvalue weighted by Crippen LogP contribution is 2.25. The molecule has 1 aromatic rings. The Kier molecular flexibility index (Phi) is 3.90. The summed E-state index contributed by atoms with van der Waals surface area (Å²) in [7, 11) is 0. The smallest absolute Gasteiger partial charge is 0.0900 e. The first-order valence-corrected chi connectivity index (χ1v) is 6.28. The van der Waals surface area contributed by atoms with Crippen molar-refractivity contribution in [2.45, 2.75) is 47.6 Å². The molecule has 1 rings (SSSR count). The largest absolute Gasteiger partial charge is 0.309 e. The summed E-state index contributed by atoms with van der Waals surface area (Å²) in [6, 6.07) is 0.412. The van der Waals surface area contributed by atoms with Crippen molar-refractivity contribution in [3.8, 4) is 0 Å². The van der Waals surface area contributed by atoms with E-state index in [2.05, 4.69) is 51.8 Å². The molecule has 0 bridgehead atoms. The number of thiazole rings is 1. The molecule has 1 aromatic heterocycles. The van der Waals surface area contributed by atoms with Crippen LogP contribution in [0.1, 0.15) is 49.3 Å². The Bertz CT molecular complexity index is 323. The van der Waals surface area contributed by atoms with Crippen LogP contribution >= 0.6 is 11.3 Å². The van der Waals surface area contributed by atoms with Crippen molar-refractivity contribution in [1.29, 1.82) is 0 Å². The fraction of sp³-hybridized carbons (Fsp3) is 0.750. The van der Waals surface area contributed by atoms with Gasteiger partial charge in [0.1, 0.15) is 0 Å². The van der Waals surface area contributed by atoms with Crippen molar-refractivity contribution in [3.63, 3.8) is 0 Å². The average molecular weight is 226 g/mol. The van der Waals surface area contributed by atoms with E-state index in [1.165, 1.54) is 10.6 Å². The second-order valence-electron chi connectivity index (χ2n) is 5.35. The fourth-order valence-corrected chi connectivity index (χ4v) is 2.46. The standard InChI is InChI=1S/C12H22N2S/c1-8(13-7-12(4,5)6)11-9(2)14-10(3)15-11/h8,13H,7H2,1-6H3. The highest BCUT2D eigenvalue weighted by molar-refractivity contribution is 7.11. The summed E-state index contributed by atoms with van der Waals surface area (Å²) in [6.07, 6.45) is 0. The molecule has 1 atom stereocenters. The van der Waals surface area contributed by atoms with Gasteiger partial charge in [0, 0.05) is 17.5 Å². The number of aryl methyl sites for hydroxylation is 2. The molecular weight excluding hydrogens is 204 g/mol. The molecule has 0 saturated carbocycles. The highest BCUT2D eigenvalue weighted by atomic mass is 32.1. The first-order chi connectivity index (χ1) is 6.79. The van der Waals surface area contributed by atoms with Gasteiger partial charge in [-0.2, -0.15) is 0 Å². The summed E-state index contributed by atoms with van der Waals surface area (Å²) in [5, 5.41) is 4.72. The Morgan fingerprint density at radius 3 is 2.33 bits per heavy atom. The predicted molar refractivity (Wildman–Crippen MR) is 67.5 cm³/mol. The van der Waals surface area contributed by atoms with Gasteiger partial charge in [-0.25, -0.2) is 4.98 Å². The molecule has 0 fully saturated rings. The van der Waals surface area contributed by atoms with E-state index >= 15 is 0 Å². The number of nitrogens with zero attached hydrogens (tertiary/aromatic N) is 1. The third kappa shape index (κ3) is 3.92. The summed E-state index contributed by atoms with van der Waals surface area (Å²) >= 11 is 1.80. The molecule has 0 amide bonds. The first-order valence-electron chi connectivity index (χ1n) is 5.47. The number of aromatic nitrogens is 1.